The molecule has 0 saturated heterocycles. The highest BCUT2D eigenvalue weighted by Gasteiger charge is 1.94. The predicted molar refractivity (Wildman–Crippen MR) is 57.0 cm³/mol. The van der Waals surface area contributed by atoms with Crippen LogP contribution >= 0.6 is 11.6 Å². The van der Waals surface area contributed by atoms with Gasteiger partial charge in [0.15, 0.2) is 0 Å². The van der Waals surface area contributed by atoms with Gasteiger partial charge in [0.25, 0.3) is 0 Å². The molecule has 68 valence electrons. The smallest absolute Gasteiger partial charge is 0.0577 e. The first-order valence-corrected chi connectivity index (χ1v) is 4.51. The lowest BCUT2D eigenvalue weighted by molar-refractivity contribution is 0.938. The van der Waals surface area contributed by atoms with Crippen LogP contribution in [-0.4, -0.2) is 13.6 Å². The van der Waals surface area contributed by atoms with Crippen LogP contribution in [-0.2, 0) is 0 Å². The zero-order chi connectivity index (χ0) is 9.68. The number of aryl methyl sites for hydroxylation is 1. The molecule has 0 amide bonds. The van der Waals surface area contributed by atoms with Gasteiger partial charge in [0.05, 0.1) is 6.54 Å². The molecule has 0 spiro atoms. The minimum Gasteiger partial charge on any atom is -0.309 e. The van der Waals surface area contributed by atoms with Crippen LogP contribution in [0.3, 0.4) is 0 Å². The average Bonchev–Trinajstić information content (AvgIpc) is 2.11. The second-order valence-corrected chi connectivity index (χ2v) is 3.23. The molecule has 0 saturated carbocycles. The highest BCUT2D eigenvalue weighted by Crippen LogP contribution is 2.13. The van der Waals surface area contributed by atoms with E-state index in [1.807, 2.05) is 32.2 Å². The summed E-state index contributed by atoms with van der Waals surface area (Å²) in [7, 11) is 1.87. The summed E-state index contributed by atoms with van der Waals surface area (Å²) in [6.45, 7) is 2.73. The van der Waals surface area contributed by atoms with Gasteiger partial charge < -0.3 is 5.32 Å². The number of halogens is 1. The Morgan fingerprint density at radius 3 is 2.92 bits per heavy atom. The third-order valence-electron chi connectivity index (χ3n) is 1.69. The largest absolute Gasteiger partial charge is 0.309 e. The molecule has 0 radical (unpaired) electrons. The summed E-state index contributed by atoms with van der Waals surface area (Å²) in [6.07, 6.45) is 0. The summed E-state index contributed by atoms with van der Waals surface area (Å²) in [5, 5.41) is 3.70. The Kier molecular flexibility index (Phi) is 3.82. The van der Waals surface area contributed by atoms with Gasteiger partial charge in [-0.15, -0.1) is 0 Å². The second-order valence-electron chi connectivity index (χ2n) is 2.79. The van der Waals surface area contributed by atoms with Gasteiger partial charge >= 0.3 is 0 Å². The molecule has 0 aliphatic rings. The minimum atomic E-state index is 0.700. The van der Waals surface area contributed by atoms with Crippen molar-refractivity contribution in [1.82, 2.24) is 5.32 Å². The van der Waals surface area contributed by atoms with E-state index in [0.29, 0.717) is 6.54 Å². The van der Waals surface area contributed by atoms with Crippen LogP contribution in [0, 0.1) is 18.8 Å². The van der Waals surface area contributed by atoms with Crippen molar-refractivity contribution in [1.29, 1.82) is 0 Å². The first kappa shape index (κ1) is 10.1. The summed E-state index contributed by atoms with van der Waals surface area (Å²) in [5.74, 6) is 6.06. The summed E-state index contributed by atoms with van der Waals surface area (Å²) >= 11 is 5.85. The zero-order valence-electron chi connectivity index (χ0n) is 7.82. The fourth-order valence-corrected chi connectivity index (χ4v) is 1.13. The normalized spacial score (nSPS) is 9.15. The number of rotatable bonds is 1. The lowest BCUT2D eigenvalue weighted by atomic mass is 10.1. The summed E-state index contributed by atoms with van der Waals surface area (Å²) < 4.78 is 0. The third kappa shape index (κ3) is 3.10. The molecule has 0 aromatic heterocycles. The molecule has 0 atom stereocenters. The van der Waals surface area contributed by atoms with Crippen LogP contribution < -0.4 is 5.32 Å². The standard InChI is InChI=1S/C11H12ClN/c1-9-5-6-11(12)8-10(9)4-3-7-13-2/h5-6,8,13H,7H2,1-2H3. The van der Waals surface area contributed by atoms with E-state index < -0.39 is 0 Å². The maximum Gasteiger partial charge on any atom is 0.0577 e. The lowest BCUT2D eigenvalue weighted by Gasteiger charge is -1.97. The Morgan fingerprint density at radius 2 is 2.23 bits per heavy atom. The molecule has 0 fully saturated rings. The molecule has 1 aromatic carbocycles. The van der Waals surface area contributed by atoms with E-state index in [-0.39, 0.29) is 0 Å². The predicted octanol–water partition coefficient (Wildman–Crippen LogP) is 2.22. The Bertz CT molecular complexity index is 347. The van der Waals surface area contributed by atoms with Crippen LogP contribution in [0.2, 0.25) is 5.02 Å². The van der Waals surface area contributed by atoms with Crippen molar-refractivity contribution >= 4 is 11.6 Å². The molecule has 1 nitrogen and oxygen atoms in total. The number of benzene rings is 1. The van der Waals surface area contributed by atoms with E-state index >= 15 is 0 Å². The Labute approximate surface area is 84.1 Å². The van der Waals surface area contributed by atoms with Crippen LogP contribution in [0.4, 0.5) is 0 Å². The van der Waals surface area contributed by atoms with Crippen molar-refractivity contribution in [2.75, 3.05) is 13.6 Å². The number of hydrogen-bond donors (Lipinski definition) is 1. The van der Waals surface area contributed by atoms with Crippen LogP contribution in [0.25, 0.3) is 0 Å². The van der Waals surface area contributed by atoms with Crippen molar-refractivity contribution < 1.29 is 0 Å². The van der Waals surface area contributed by atoms with Crippen molar-refractivity contribution in [3.8, 4) is 11.8 Å². The first-order valence-electron chi connectivity index (χ1n) is 4.13. The van der Waals surface area contributed by atoms with Gasteiger partial charge in [-0.25, -0.2) is 0 Å². The van der Waals surface area contributed by atoms with Crippen LogP contribution in [0.1, 0.15) is 11.1 Å². The van der Waals surface area contributed by atoms with E-state index in [1.165, 1.54) is 0 Å². The Morgan fingerprint density at radius 1 is 1.46 bits per heavy atom. The van der Waals surface area contributed by atoms with Gasteiger partial charge in [0.2, 0.25) is 0 Å². The molecule has 1 aromatic rings. The first-order chi connectivity index (χ1) is 6.24. The molecule has 1 N–H and O–H groups in total. The Hall–Kier alpha value is -0.970. The zero-order valence-corrected chi connectivity index (χ0v) is 8.57. The maximum absolute atomic E-state index is 5.85. The van der Waals surface area contributed by atoms with Gasteiger partial charge in [0, 0.05) is 10.6 Å². The molecule has 0 aliphatic carbocycles. The molecule has 2 heteroatoms. The summed E-state index contributed by atoms with van der Waals surface area (Å²) in [4.78, 5) is 0. The highest BCUT2D eigenvalue weighted by molar-refractivity contribution is 6.30. The topological polar surface area (TPSA) is 12.0 Å². The molecular formula is C11H12ClN. The molecule has 0 aliphatic heterocycles. The molecule has 1 rings (SSSR count). The number of nitrogens with one attached hydrogen (secondary N) is 1. The third-order valence-corrected chi connectivity index (χ3v) is 1.92. The van der Waals surface area contributed by atoms with Gasteiger partial charge in [-0.3, -0.25) is 0 Å². The molecular weight excluding hydrogens is 182 g/mol. The molecule has 13 heavy (non-hydrogen) atoms. The van der Waals surface area contributed by atoms with Crippen LogP contribution in [0.5, 0.6) is 0 Å². The van der Waals surface area contributed by atoms with Crippen molar-refractivity contribution in [2.24, 2.45) is 0 Å². The van der Waals surface area contributed by atoms with E-state index in [2.05, 4.69) is 17.2 Å². The van der Waals surface area contributed by atoms with Crippen molar-refractivity contribution in [3.05, 3.63) is 34.3 Å². The maximum atomic E-state index is 5.85. The van der Waals surface area contributed by atoms with Crippen LogP contribution in [0.15, 0.2) is 18.2 Å². The van der Waals surface area contributed by atoms with E-state index in [1.54, 1.807) is 0 Å². The monoisotopic (exact) mass is 193 g/mol. The summed E-state index contributed by atoms with van der Waals surface area (Å²) in [5.41, 5.74) is 2.16. The van der Waals surface area contributed by atoms with Gasteiger partial charge in [-0.2, -0.15) is 0 Å². The summed E-state index contributed by atoms with van der Waals surface area (Å²) in [6, 6.07) is 5.74. The minimum absolute atomic E-state index is 0.700. The van der Waals surface area contributed by atoms with Crippen molar-refractivity contribution in [3.63, 3.8) is 0 Å². The fraction of sp³-hybridized carbons (Fsp3) is 0.273. The number of hydrogen-bond acceptors (Lipinski definition) is 1. The highest BCUT2D eigenvalue weighted by atomic mass is 35.5. The van der Waals surface area contributed by atoms with E-state index in [9.17, 15) is 0 Å². The van der Waals surface area contributed by atoms with E-state index in [0.717, 1.165) is 16.1 Å². The van der Waals surface area contributed by atoms with E-state index in [4.69, 9.17) is 11.6 Å². The quantitative estimate of drug-likeness (QED) is 0.675. The van der Waals surface area contributed by atoms with Gasteiger partial charge in [-0.1, -0.05) is 29.5 Å². The Balaban J connectivity index is 2.89. The average molecular weight is 194 g/mol. The van der Waals surface area contributed by atoms with Gasteiger partial charge in [-0.05, 0) is 31.7 Å². The molecule has 0 bridgehead atoms. The van der Waals surface area contributed by atoms with Crippen molar-refractivity contribution in [2.45, 2.75) is 6.92 Å². The van der Waals surface area contributed by atoms with Gasteiger partial charge in [0.1, 0.15) is 0 Å². The SMILES string of the molecule is CNCC#Cc1cc(Cl)ccc1C. The second kappa shape index (κ2) is 4.91. The lowest BCUT2D eigenvalue weighted by Crippen LogP contribution is -2.04. The molecule has 0 unspecified atom stereocenters. The molecule has 0 heterocycles. The fourth-order valence-electron chi connectivity index (χ4n) is 0.957.